The van der Waals surface area contributed by atoms with E-state index < -0.39 is 0 Å². The van der Waals surface area contributed by atoms with E-state index in [-0.39, 0.29) is 5.41 Å². The average Bonchev–Trinajstić information content (AvgIpc) is 2.74. The van der Waals surface area contributed by atoms with Crippen LogP contribution in [-0.4, -0.2) is 32.8 Å². The Labute approximate surface area is 108 Å². The lowest BCUT2D eigenvalue weighted by Gasteiger charge is -2.42. The fraction of sp³-hybridized carbons (Fsp3) is 0.600. The van der Waals surface area contributed by atoms with Gasteiger partial charge in [-0.15, -0.1) is 0 Å². The van der Waals surface area contributed by atoms with E-state index in [0.717, 1.165) is 13.2 Å². The SMILES string of the molecule is NCC1(c2cc3c4c(c2)CCN4CCC3)COC1. The molecule has 0 saturated carbocycles. The van der Waals surface area contributed by atoms with E-state index in [1.165, 1.54) is 43.6 Å². The predicted octanol–water partition coefficient (Wildman–Crippen LogP) is 1.22. The minimum absolute atomic E-state index is 0.108. The number of nitrogens with two attached hydrogens (primary N) is 1. The standard InChI is InChI=1S/C15H20N2O/c16-8-15(9-18-10-15)13-6-11-2-1-4-17-5-3-12(7-13)14(11)17/h6-7H,1-5,8-10,16H2. The highest BCUT2D eigenvalue weighted by Crippen LogP contribution is 2.41. The molecule has 0 atom stereocenters. The van der Waals surface area contributed by atoms with Crippen LogP contribution in [0.4, 0.5) is 5.69 Å². The number of ether oxygens (including phenoxy) is 1. The summed E-state index contributed by atoms with van der Waals surface area (Å²) in [7, 11) is 0. The van der Waals surface area contributed by atoms with Gasteiger partial charge >= 0.3 is 0 Å². The molecule has 3 aliphatic rings. The van der Waals surface area contributed by atoms with Gasteiger partial charge in [0.25, 0.3) is 0 Å². The first-order valence-electron chi connectivity index (χ1n) is 7.01. The third kappa shape index (κ3) is 1.32. The van der Waals surface area contributed by atoms with Crippen LogP contribution in [0.1, 0.15) is 23.1 Å². The van der Waals surface area contributed by atoms with Gasteiger partial charge in [-0.05, 0) is 36.0 Å². The molecular formula is C15H20N2O. The van der Waals surface area contributed by atoms with Crippen LogP contribution >= 0.6 is 0 Å². The van der Waals surface area contributed by atoms with Gasteiger partial charge in [0, 0.05) is 25.3 Å². The van der Waals surface area contributed by atoms with Gasteiger partial charge in [-0.1, -0.05) is 12.1 Å². The van der Waals surface area contributed by atoms with E-state index in [1.807, 2.05) is 0 Å². The van der Waals surface area contributed by atoms with Crippen LogP contribution in [0.15, 0.2) is 12.1 Å². The number of nitrogens with zero attached hydrogens (tertiary/aromatic N) is 1. The zero-order valence-corrected chi connectivity index (χ0v) is 10.7. The number of hydrogen-bond acceptors (Lipinski definition) is 3. The molecule has 2 N–H and O–H groups in total. The van der Waals surface area contributed by atoms with Crippen molar-refractivity contribution < 1.29 is 4.74 Å². The summed E-state index contributed by atoms with van der Waals surface area (Å²) in [5, 5.41) is 0. The molecule has 3 heterocycles. The lowest BCUT2D eigenvalue weighted by atomic mass is 9.77. The molecular weight excluding hydrogens is 224 g/mol. The molecule has 3 nitrogen and oxygen atoms in total. The number of aryl methyl sites for hydroxylation is 1. The van der Waals surface area contributed by atoms with E-state index in [9.17, 15) is 0 Å². The highest BCUT2D eigenvalue weighted by Gasteiger charge is 2.40. The second kappa shape index (κ2) is 3.72. The van der Waals surface area contributed by atoms with Crippen molar-refractivity contribution in [3.8, 4) is 0 Å². The smallest absolute Gasteiger partial charge is 0.0597 e. The van der Waals surface area contributed by atoms with Gasteiger partial charge in [0.15, 0.2) is 0 Å². The van der Waals surface area contributed by atoms with Crippen molar-refractivity contribution in [1.29, 1.82) is 0 Å². The third-order valence-electron chi connectivity index (χ3n) is 4.87. The van der Waals surface area contributed by atoms with Gasteiger partial charge in [-0.2, -0.15) is 0 Å². The Morgan fingerprint density at radius 1 is 1.17 bits per heavy atom. The number of hydrogen-bond donors (Lipinski definition) is 1. The van der Waals surface area contributed by atoms with E-state index in [2.05, 4.69) is 17.0 Å². The molecule has 3 aliphatic heterocycles. The number of benzene rings is 1. The van der Waals surface area contributed by atoms with E-state index in [4.69, 9.17) is 10.5 Å². The maximum atomic E-state index is 5.99. The van der Waals surface area contributed by atoms with Crippen LogP contribution in [0.2, 0.25) is 0 Å². The fourth-order valence-corrected chi connectivity index (χ4v) is 3.66. The molecule has 3 heteroatoms. The van der Waals surface area contributed by atoms with Gasteiger partial charge in [0.05, 0.1) is 18.6 Å². The second-order valence-electron chi connectivity index (χ2n) is 5.96. The Kier molecular flexibility index (Phi) is 2.24. The van der Waals surface area contributed by atoms with Crippen LogP contribution in [0.5, 0.6) is 0 Å². The van der Waals surface area contributed by atoms with Gasteiger partial charge in [-0.25, -0.2) is 0 Å². The van der Waals surface area contributed by atoms with Crippen molar-refractivity contribution in [1.82, 2.24) is 0 Å². The number of anilines is 1. The quantitative estimate of drug-likeness (QED) is 0.850. The van der Waals surface area contributed by atoms with Crippen LogP contribution in [0, 0.1) is 0 Å². The van der Waals surface area contributed by atoms with Crippen molar-refractivity contribution in [2.45, 2.75) is 24.7 Å². The van der Waals surface area contributed by atoms with E-state index in [0.29, 0.717) is 6.54 Å². The van der Waals surface area contributed by atoms with Crippen molar-refractivity contribution in [2.75, 3.05) is 37.7 Å². The molecule has 0 amide bonds. The van der Waals surface area contributed by atoms with Gasteiger partial charge < -0.3 is 15.4 Å². The van der Waals surface area contributed by atoms with Crippen LogP contribution in [0.3, 0.4) is 0 Å². The first-order chi connectivity index (χ1) is 8.82. The Balaban J connectivity index is 1.83. The monoisotopic (exact) mass is 244 g/mol. The topological polar surface area (TPSA) is 38.5 Å². The second-order valence-corrected chi connectivity index (χ2v) is 5.96. The Morgan fingerprint density at radius 3 is 2.61 bits per heavy atom. The molecule has 1 saturated heterocycles. The average molecular weight is 244 g/mol. The molecule has 0 radical (unpaired) electrons. The normalized spacial score (nSPS) is 23.7. The first-order valence-corrected chi connectivity index (χ1v) is 7.01. The molecule has 0 aliphatic carbocycles. The van der Waals surface area contributed by atoms with Crippen molar-refractivity contribution in [3.63, 3.8) is 0 Å². The highest BCUT2D eigenvalue weighted by molar-refractivity contribution is 5.66. The maximum Gasteiger partial charge on any atom is 0.0597 e. The van der Waals surface area contributed by atoms with E-state index >= 15 is 0 Å². The molecule has 1 aromatic rings. The molecule has 18 heavy (non-hydrogen) atoms. The molecule has 0 bridgehead atoms. The Hall–Kier alpha value is -1.06. The summed E-state index contributed by atoms with van der Waals surface area (Å²) < 4.78 is 5.42. The highest BCUT2D eigenvalue weighted by atomic mass is 16.5. The van der Waals surface area contributed by atoms with Gasteiger partial charge in [0.2, 0.25) is 0 Å². The molecule has 0 spiro atoms. The molecule has 1 aromatic carbocycles. The largest absolute Gasteiger partial charge is 0.379 e. The Morgan fingerprint density at radius 2 is 1.94 bits per heavy atom. The maximum absolute atomic E-state index is 5.99. The summed E-state index contributed by atoms with van der Waals surface area (Å²) >= 11 is 0. The zero-order valence-electron chi connectivity index (χ0n) is 10.7. The zero-order chi connectivity index (χ0) is 12.2. The fourth-order valence-electron chi connectivity index (χ4n) is 3.66. The Bertz CT molecular complexity index is 488. The number of rotatable bonds is 2. The van der Waals surface area contributed by atoms with Crippen LogP contribution in [-0.2, 0) is 23.0 Å². The third-order valence-corrected chi connectivity index (χ3v) is 4.87. The molecule has 4 rings (SSSR count). The lowest BCUT2D eigenvalue weighted by molar-refractivity contribution is -0.0550. The summed E-state index contributed by atoms with van der Waals surface area (Å²) in [4.78, 5) is 2.56. The van der Waals surface area contributed by atoms with Crippen LogP contribution in [0.25, 0.3) is 0 Å². The summed E-state index contributed by atoms with van der Waals surface area (Å²) in [6, 6.07) is 4.81. The predicted molar refractivity (Wildman–Crippen MR) is 72.2 cm³/mol. The van der Waals surface area contributed by atoms with E-state index in [1.54, 1.807) is 11.1 Å². The van der Waals surface area contributed by atoms with Crippen molar-refractivity contribution in [3.05, 3.63) is 28.8 Å². The lowest BCUT2D eigenvalue weighted by Crippen LogP contribution is -2.52. The summed E-state index contributed by atoms with van der Waals surface area (Å²) in [5.74, 6) is 0. The first kappa shape index (κ1) is 10.8. The molecule has 0 aromatic heterocycles. The van der Waals surface area contributed by atoms with Gasteiger partial charge in [0.1, 0.15) is 0 Å². The van der Waals surface area contributed by atoms with Crippen LogP contribution < -0.4 is 10.6 Å². The minimum Gasteiger partial charge on any atom is -0.379 e. The molecule has 1 fully saturated rings. The van der Waals surface area contributed by atoms with Crippen molar-refractivity contribution >= 4 is 5.69 Å². The summed E-state index contributed by atoms with van der Waals surface area (Å²) in [6.07, 6.45) is 3.73. The summed E-state index contributed by atoms with van der Waals surface area (Å²) in [5.41, 5.74) is 12.2. The van der Waals surface area contributed by atoms with Crippen molar-refractivity contribution in [2.24, 2.45) is 5.73 Å². The van der Waals surface area contributed by atoms with Gasteiger partial charge in [-0.3, -0.25) is 0 Å². The minimum atomic E-state index is 0.108. The molecule has 0 unspecified atom stereocenters. The molecule has 96 valence electrons. The summed E-state index contributed by atoms with van der Waals surface area (Å²) in [6.45, 7) is 4.74.